The van der Waals surface area contributed by atoms with Crippen molar-refractivity contribution in [1.29, 1.82) is 0 Å². The zero-order chi connectivity index (χ0) is 17.2. The summed E-state index contributed by atoms with van der Waals surface area (Å²) in [5, 5.41) is 20.1. The minimum absolute atomic E-state index is 0.00381. The number of anilines is 1. The summed E-state index contributed by atoms with van der Waals surface area (Å²) in [5.41, 5.74) is 1.74. The molecule has 0 unspecified atom stereocenters. The Labute approximate surface area is 149 Å². The van der Waals surface area contributed by atoms with Crippen LogP contribution in [0.15, 0.2) is 29.0 Å². The number of piperazine rings is 1. The Kier molecular flexibility index (Phi) is 4.22. The molecular weight excluding hydrogens is 338 g/mol. The van der Waals surface area contributed by atoms with Gasteiger partial charge >= 0.3 is 6.03 Å². The van der Waals surface area contributed by atoms with Crippen LogP contribution in [-0.4, -0.2) is 63.5 Å². The SMILES string of the molecule is CCNC(=O)N1CCN(c2ccc3nnc(-c4ccsc4)n3n2)CC1. The van der Waals surface area contributed by atoms with Gasteiger partial charge in [0.05, 0.1) is 0 Å². The van der Waals surface area contributed by atoms with E-state index in [-0.39, 0.29) is 6.03 Å². The highest BCUT2D eigenvalue weighted by molar-refractivity contribution is 7.08. The predicted octanol–water partition coefficient (Wildman–Crippen LogP) is 1.70. The lowest BCUT2D eigenvalue weighted by molar-refractivity contribution is 0.195. The highest BCUT2D eigenvalue weighted by Crippen LogP contribution is 2.22. The summed E-state index contributed by atoms with van der Waals surface area (Å²) >= 11 is 1.62. The lowest BCUT2D eigenvalue weighted by Gasteiger charge is -2.35. The maximum atomic E-state index is 11.9. The molecule has 4 heterocycles. The molecule has 0 bridgehead atoms. The first kappa shape index (κ1) is 15.8. The number of amides is 2. The van der Waals surface area contributed by atoms with Crippen molar-refractivity contribution in [2.24, 2.45) is 0 Å². The summed E-state index contributed by atoms with van der Waals surface area (Å²) in [6.07, 6.45) is 0. The van der Waals surface area contributed by atoms with Crippen LogP contribution >= 0.6 is 11.3 Å². The van der Waals surface area contributed by atoms with E-state index in [2.05, 4.69) is 20.4 Å². The third kappa shape index (κ3) is 3.02. The quantitative estimate of drug-likeness (QED) is 0.772. The number of nitrogens with one attached hydrogen (secondary N) is 1. The predicted molar refractivity (Wildman–Crippen MR) is 97.0 cm³/mol. The number of hydrogen-bond acceptors (Lipinski definition) is 6. The molecule has 1 aliphatic rings. The molecule has 1 N–H and O–H groups in total. The van der Waals surface area contributed by atoms with E-state index in [1.165, 1.54) is 0 Å². The third-order valence-corrected chi connectivity index (χ3v) is 4.93. The first-order chi connectivity index (χ1) is 12.3. The Morgan fingerprint density at radius 2 is 2.04 bits per heavy atom. The summed E-state index contributed by atoms with van der Waals surface area (Å²) in [6.45, 7) is 5.46. The normalized spacial score (nSPS) is 14.9. The molecule has 1 aliphatic heterocycles. The van der Waals surface area contributed by atoms with Crippen LogP contribution < -0.4 is 10.2 Å². The van der Waals surface area contributed by atoms with E-state index >= 15 is 0 Å². The van der Waals surface area contributed by atoms with Gasteiger partial charge in [-0.25, -0.2) is 4.79 Å². The van der Waals surface area contributed by atoms with Crippen LogP contribution in [0.4, 0.5) is 10.6 Å². The van der Waals surface area contributed by atoms with Crippen molar-refractivity contribution in [2.75, 3.05) is 37.6 Å². The van der Waals surface area contributed by atoms with Crippen molar-refractivity contribution < 1.29 is 4.79 Å². The Morgan fingerprint density at radius 1 is 1.20 bits per heavy atom. The molecule has 0 aromatic carbocycles. The van der Waals surface area contributed by atoms with E-state index in [0.717, 1.165) is 35.9 Å². The third-order valence-electron chi connectivity index (χ3n) is 4.25. The molecule has 1 fully saturated rings. The standard InChI is InChI=1S/C16H19N7OS/c1-2-17-16(24)22-8-6-21(7-9-22)14-4-3-13-18-19-15(23(13)20-14)12-5-10-25-11-12/h3-5,10-11H,2,6-9H2,1H3,(H,17,24). The maximum absolute atomic E-state index is 11.9. The maximum Gasteiger partial charge on any atom is 0.317 e. The van der Waals surface area contributed by atoms with Gasteiger partial charge in [-0.3, -0.25) is 0 Å². The van der Waals surface area contributed by atoms with Gasteiger partial charge in [-0.15, -0.1) is 15.3 Å². The molecule has 2 amide bonds. The van der Waals surface area contributed by atoms with Crippen molar-refractivity contribution in [3.05, 3.63) is 29.0 Å². The fourth-order valence-electron chi connectivity index (χ4n) is 2.92. The Morgan fingerprint density at radius 3 is 2.76 bits per heavy atom. The van der Waals surface area contributed by atoms with Crippen molar-refractivity contribution in [1.82, 2.24) is 30.0 Å². The van der Waals surface area contributed by atoms with Crippen molar-refractivity contribution in [2.45, 2.75) is 6.92 Å². The number of rotatable bonds is 3. The average molecular weight is 357 g/mol. The largest absolute Gasteiger partial charge is 0.352 e. The van der Waals surface area contributed by atoms with Gasteiger partial charge in [0.15, 0.2) is 11.5 Å². The fourth-order valence-corrected chi connectivity index (χ4v) is 3.56. The van der Waals surface area contributed by atoms with Gasteiger partial charge in [-0.2, -0.15) is 15.9 Å². The Balaban J connectivity index is 1.55. The second-order valence-corrected chi connectivity index (χ2v) is 6.59. The Bertz CT molecular complexity index is 868. The molecule has 3 aromatic heterocycles. The second-order valence-electron chi connectivity index (χ2n) is 5.81. The van der Waals surface area contributed by atoms with Gasteiger partial charge in [-0.05, 0) is 30.5 Å². The summed E-state index contributed by atoms with van der Waals surface area (Å²) in [7, 11) is 0. The molecule has 0 saturated carbocycles. The van der Waals surface area contributed by atoms with E-state index in [4.69, 9.17) is 5.10 Å². The lowest BCUT2D eigenvalue weighted by atomic mass is 10.3. The Hall–Kier alpha value is -2.68. The van der Waals surface area contributed by atoms with E-state index < -0.39 is 0 Å². The molecule has 0 aliphatic carbocycles. The van der Waals surface area contributed by atoms with E-state index in [1.54, 1.807) is 15.9 Å². The molecule has 130 valence electrons. The van der Waals surface area contributed by atoms with Crippen LogP contribution in [0.2, 0.25) is 0 Å². The minimum atomic E-state index is 0.00381. The fraction of sp³-hybridized carbons (Fsp3) is 0.375. The molecule has 1 saturated heterocycles. The molecule has 0 spiro atoms. The number of fused-ring (bicyclic) bond motifs is 1. The van der Waals surface area contributed by atoms with Gasteiger partial charge in [0, 0.05) is 43.7 Å². The number of urea groups is 1. The molecular formula is C16H19N7OS. The van der Waals surface area contributed by atoms with Crippen molar-refractivity contribution in [3.8, 4) is 11.4 Å². The van der Waals surface area contributed by atoms with Gasteiger partial charge in [0.25, 0.3) is 0 Å². The zero-order valence-corrected chi connectivity index (χ0v) is 14.7. The van der Waals surface area contributed by atoms with Crippen LogP contribution in [0.25, 0.3) is 17.0 Å². The van der Waals surface area contributed by atoms with Crippen LogP contribution in [0.5, 0.6) is 0 Å². The topological polar surface area (TPSA) is 78.7 Å². The number of nitrogens with zero attached hydrogens (tertiary/aromatic N) is 6. The van der Waals surface area contributed by atoms with Crippen LogP contribution in [0.3, 0.4) is 0 Å². The number of carbonyl (C=O) groups excluding carboxylic acids is 1. The molecule has 25 heavy (non-hydrogen) atoms. The van der Waals surface area contributed by atoms with Crippen LogP contribution in [0, 0.1) is 0 Å². The highest BCUT2D eigenvalue weighted by Gasteiger charge is 2.22. The molecule has 0 radical (unpaired) electrons. The monoisotopic (exact) mass is 357 g/mol. The van der Waals surface area contributed by atoms with Gasteiger partial charge < -0.3 is 15.1 Å². The minimum Gasteiger partial charge on any atom is -0.352 e. The summed E-state index contributed by atoms with van der Waals surface area (Å²) in [5.74, 6) is 1.62. The summed E-state index contributed by atoms with van der Waals surface area (Å²) in [6, 6.07) is 5.91. The van der Waals surface area contributed by atoms with Crippen molar-refractivity contribution in [3.63, 3.8) is 0 Å². The first-order valence-electron chi connectivity index (χ1n) is 8.29. The van der Waals surface area contributed by atoms with Gasteiger partial charge in [0.2, 0.25) is 0 Å². The molecule has 0 atom stereocenters. The van der Waals surface area contributed by atoms with E-state index in [1.807, 2.05) is 40.8 Å². The lowest BCUT2D eigenvalue weighted by Crippen LogP contribution is -2.52. The van der Waals surface area contributed by atoms with E-state index in [9.17, 15) is 4.79 Å². The number of carbonyl (C=O) groups is 1. The van der Waals surface area contributed by atoms with E-state index in [0.29, 0.717) is 19.6 Å². The van der Waals surface area contributed by atoms with Gasteiger partial charge in [0.1, 0.15) is 5.82 Å². The van der Waals surface area contributed by atoms with Crippen molar-refractivity contribution >= 4 is 28.8 Å². The number of aromatic nitrogens is 4. The zero-order valence-electron chi connectivity index (χ0n) is 13.9. The highest BCUT2D eigenvalue weighted by atomic mass is 32.1. The first-order valence-corrected chi connectivity index (χ1v) is 9.23. The molecule has 8 nitrogen and oxygen atoms in total. The molecule has 9 heteroatoms. The summed E-state index contributed by atoms with van der Waals surface area (Å²) in [4.78, 5) is 15.9. The number of thiophene rings is 1. The average Bonchev–Trinajstić information content (AvgIpc) is 3.30. The second kappa shape index (κ2) is 6.67. The van der Waals surface area contributed by atoms with Crippen LogP contribution in [0.1, 0.15) is 6.92 Å². The summed E-state index contributed by atoms with van der Waals surface area (Å²) < 4.78 is 1.79. The smallest absolute Gasteiger partial charge is 0.317 e. The van der Waals surface area contributed by atoms with Gasteiger partial charge in [-0.1, -0.05) is 0 Å². The molecule has 3 aromatic rings. The molecule has 4 rings (SSSR count). The number of hydrogen-bond donors (Lipinski definition) is 1. The van der Waals surface area contributed by atoms with Crippen LogP contribution in [-0.2, 0) is 0 Å².